The molecule has 7 heteroatoms. The topological polar surface area (TPSA) is 48.7 Å². The number of esters is 1. The Labute approximate surface area is 168 Å². The summed E-state index contributed by atoms with van der Waals surface area (Å²) in [6.07, 6.45) is 0. The number of carbonyl (C=O) groups excluding carboxylic acids is 1. The number of benzene rings is 2. The van der Waals surface area contributed by atoms with Gasteiger partial charge in [0.1, 0.15) is 23.9 Å². The summed E-state index contributed by atoms with van der Waals surface area (Å²) in [5, 5.41) is 0.855. The smallest absolute Gasteiger partial charge is 0.344 e. The summed E-state index contributed by atoms with van der Waals surface area (Å²) < 4.78 is 17.1. The van der Waals surface area contributed by atoms with Crippen LogP contribution in [0, 0.1) is 0 Å². The van der Waals surface area contributed by atoms with Crippen LogP contribution in [0.1, 0.15) is 5.76 Å². The van der Waals surface area contributed by atoms with E-state index in [1.54, 1.807) is 42.5 Å². The van der Waals surface area contributed by atoms with Gasteiger partial charge in [-0.2, -0.15) is 0 Å². The molecule has 0 atom stereocenters. The average molecular weight is 456 g/mol. The number of carbonyl (C=O) groups is 1. The average Bonchev–Trinajstić information content (AvgIpc) is 3.10. The van der Waals surface area contributed by atoms with Crippen molar-refractivity contribution in [2.24, 2.45) is 0 Å². The Morgan fingerprint density at radius 3 is 2.58 bits per heavy atom. The lowest BCUT2D eigenvalue weighted by molar-refractivity contribution is -0.147. The van der Waals surface area contributed by atoms with E-state index in [0.717, 1.165) is 4.47 Å². The largest absolute Gasteiger partial charge is 0.482 e. The van der Waals surface area contributed by atoms with Crippen molar-refractivity contribution >= 4 is 45.1 Å². The Morgan fingerprint density at radius 1 is 1.04 bits per heavy atom. The van der Waals surface area contributed by atoms with Gasteiger partial charge >= 0.3 is 5.97 Å². The molecule has 0 aliphatic rings. The van der Waals surface area contributed by atoms with Gasteiger partial charge in [-0.05, 0) is 48.5 Å². The van der Waals surface area contributed by atoms with Gasteiger partial charge in [-0.15, -0.1) is 0 Å². The molecule has 0 saturated heterocycles. The Morgan fingerprint density at radius 2 is 1.81 bits per heavy atom. The van der Waals surface area contributed by atoms with Crippen LogP contribution in [-0.2, 0) is 16.1 Å². The molecule has 134 valence electrons. The van der Waals surface area contributed by atoms with Crippen LogP contribution in [0.25, 0.3) is 11.3 Å². The molecule has 0 N–H and O–H groups in total. The number of ether oxygens (including phenoxy) is 2. The number of halogens is 3. The molecule has 0 radical (unpaired) electrons. The molecule has 4 nitrogen and oxygen atoms in total. The van der Waals surface area contributed by atoms with E-state index in [9.17, 15) is 4.79 Å². The summed E-state index contributed by atoms with van der Waals surface area (Å²) in [6, 6.07) is 15.9. The Bertz CT molecular complexity index is 906. The first-order chi connectivity index (χ1) is 12.5. The second-order valence-electron chi connectivity index (χ2n) is 5.27. The number of hydrogen-bond donors (Lipinski definition) is 0. The summed E-state index contributed by atoms with van der Waals surface area (Å²) >= 11 is 15.5. The molecule has 0 spiro atoms. The fourth-order valence-electron chi connectivity index (χ4n) is 2.16. The van der Waals surface area contributed by atoms with Crippen LogP contribution in [0.4, 0.5) is 0 Å². The van der Waals surface area contributed by atoms with Gasteiger partial charge in [0.05, 0.1) is 10.0 Å². The van der Waals surface area contributed by atoms with E-state index >= 15 is 0 Å². The van der Waals surface area contributed by atoms with Gasteiger partial charge in [0.25, 0.3) is 0 Å². The van der Waals surface area contributed by atoms with Gasteiger partial charge in [0.15, 0.2) is 6.61 Å². The van der Waals surface area contributed by atoms with Crippen molar-refractivity contribution in [1.82, 2.24) is 0 Å². The van der Waals surface area contributed by atoms with Gasteiger partial charge in [-0.25, -0.2) is 4.79 Å². The van der Waals surface area contributed by atoms with Crippen LogP contribution >= 0.6 is 39.1 Å². The Kier molecular flexibility index (Phi) is 6.25. The first-order valence-corrected chi connectivity index (χ1v) is 9.15. The lowest BCUT2D eigenvalue weighted by atomic mass is 10.2. The van der Waals surface area contributed by atoms with Crippen LogP contribution in [-0.4, -0.2) is 12.6 Å². The molecule has 0 saturated carbocycles. The summed E-state index contributed by atoms with van der Waals surface area (Å²) in [5.74, 6) is 1.13. The van der Waals surface area contributed by atoms with Crippen LogP contribution in [0.3, 0.4) is 0 Å². The van der Waals surface area contributed by atoms with E-state index in [-0.39, 0.29) is 13.2 Å². The van der Waals surface area contributed by atoms with Crippen LogP contribution in [0.2, 0.25) is 10.0 Å². The predicted molar refractivity (Wildman–Crippen MR) is 104 cm³/mol. The molecule has 0 unspecified atom stereocenters. The van der Waals surface area contributed by atoms with Gasteiger partial charge in [0.2, 0.25) is 0 Å². The zero-order chi connectivity index (χ0) is 18.5. The quantitative estimate of drug-likeness (QED) is 0.419. The number of furan rings is 1. The maximum absolute atomic E-state index is 11.8. The maximum atomic E-state index is 11.8. The summed E-state index contributed by atoms with van der Waals surface area (Å²) in [4.78, 5) is 11.8. The molecule has 3 rings (SSSR count). The molecule has 0 fully saturated rings. The highest BCUT2D eigenvalue weighted by Crippen LogP contribution is 2.34. The van der Waals surface area contributed by atoms with Crippen molar-refractivity contribution in [3.05, 3.63) is 74.9 Å². The molecular formula is C19H13BrCl2O4. The normalized spacial score (nSPS) is 10.6. The van der Waals surface area contributed by atoms with Crippen LogP contribution < -0.4 is 4.74 Å². The van der Waals surface area contributed by atoms with E-state index in [4.69, 9.17) is 37.1 Å². The summed E-state index contributed by atoms with van der Waals surface area (Å²) in [6.45, 7) is -0.184. The van der Waals surface area contributed by atoms with E-state index < -0.39 is 5.97 Å². The second-order valence-corrected chi connectivity index (χ2v) is 6.97. The zero-order valence-corrected chi connectivity index (χ0v) is 16.5. The second kappa shape index (κ2) is 8.62. The molecule has 1 aromatic heterocycles. The van der Waals surface area contributed by atoms with Gasteiger partial charge < -0.3 is 13.9 Å². The van der Waals surface area contributed by atoms with E-state index in [1.807, 2.05) is 12.1 Å². The minimum absolute atomic E-state index is 0.000710. The SMILES string of the molecule is O=C(COc1ccc(Br)cc1)OCc1ccc(-c2cccc(Cl)c2Cl)o1. The van der Waals surface area contributed by atoms with Crippen molar-refractivity contribution in [2.75, 3.05) is 6.61 Å². The lowest BCUT2D eigenvalue weighted by Crippen LogP contribution is -2.14. The molecule has 1 heterocycles. The van der Waals surface area contributed by atoms with Crippen molar-refractivity contribution in [3.8, 4) is 17.1 Å². The highest BCUT2D eigenvalue weighted by atomic mass is 79.9. The third kappa shape index (κ3) is 4.81. The lowest BCUT2D eigenvalue weighted by Gasteiger charge is -2.06. The van der Waals surface area contributed by atoms with Crippen LogP contribution in [0.15, 0.2) is 63.5 Å². The molecule has 0 aliphatic heterocycles. The fourth-order valence-corrected chi connectivity index (χ4v) is 2.82. The Hall–Kier alpha value is -1.95. The molecule has 0 bridgehead atoms. The molecule has 3 aromatic rings. The monoisotopic (exact) mass is 454 g/mol. The molecule has 0 aliphatic carbocycles. The van der Waals surface area contributed by atoms with Crippen molar-refractivity contribution in [3.63, 3.8) is 0 Å². The van der Waals surface area contributed by atoms with E-state index in [2.05, 4.69) is 15.9 Å². The number of rotatable bonds is 6. The molecular weight excluding hydrogens is 443 g/mol. The van der Waals surface area contributed by atoms with Gasteiger partial charge in [-0.1, -0.05) is 45.2 Å². The molecule has 2 aromatic carbocycles. The predicted octanol–water partition coefficient (Wildman–Crippen LogP) is 6.14. The maximum Gasteiger partial charge on any atom is 0.344 e. The van der Waals surface area contributed by atoms with E-state index in [1.165, 1.54) is 0 Å². The summed E-state index contributed by atoms with van der Waals surface area (Å²) in [7, 11) is 0. The van der Waals surface area contributed by atoms with E-state index in [0.29, 0.717) is 32.9 Å². The standard InChI is InChI=1S/C19H13BrCl2O4/c20-12-4-6-13(7-5-12)24-11-18(23)25-10-14-8-9-17(26-14)15-2-1-3-16(21)19(15)22/h1-9H,10-11H2. The third-order valence-electron chi connectivity index (χ3n) is 3.42. The van der Waals surface area contributed by atoms with Crippen LogP contribution in [0.5, 0.6) is 5.75 Å². The molecule has 0 amide bonds. The first kappa shape index (κ1) is 18.8. The van der Waals surface area contributed by atoms with Crippen molar-refractivity contribution < 1.29 is 18.7 Å². The van der Waals surface area contributed by atoms with Crippen molar-refractivity contribution in [2.45, 2.75) is 6.61 Å². The molecule has 26 heavy (non-hydrogen) atoms. The first-order valence-electron chi connectivity index (χ1n) is 7.60. The zero-order valence-electron chi connectivity index (χ0n) is 13.4. The fraction of sp³-hybridized carbons (Fsp3) is 0.105. The summed E-state index contributed by atoms with van der Waals surface area (Å²) in [5.41, 5.74) is 0.676. The highest BCUT2D eigenvalue weighted by Gasteiger charge is 2.12. The highest BCUT2D eigenvalue weighted by molar-refractivity contribution is 9.10. The van der Waals surface area contributed by atoms with Gasteiger partial charge in [0, 0.05) is 10.0 Å². The Balaban J connectivity index is 1.53. The third-order valence-corrected chi connectivity index (χ3v) is 4.77. The van der Waals surface area contributed by atoms with Crippen molar-refractivity contribution in [1.29, 1.82) is 0 Å². The number of hydrogen-bond acceptors (Lipinski definition) is 4. The minimum Gasteiger partial charge on any atom is -0.482 e. The van der Waals surface area contributed by atoms with Gasteiger partial charge in [-0.3, -0.25) is 0 Å². The minimum atomic E-state index is -0.494.